The minimum absolute atomic E-state index is 0.127. The van der Waals surface area contributed by atoms with Gasteiger partial charge in [-0.3, -0.25) is 9.69 Å². The van der Waals surface area contributed by atoms with Crippen LogP contribution in [0, 0.1) is 5.92 Å². The van der Waals surface area contributed by atoms with Crippen molar-refractivity contribution >= 4 is 5.97 Å². The van der Waals surface area contributed by atoms with Crippen LogP contribution in [0.15, 0.2) is 4.42 Å². The summed E-state index contributed by atoms with van der Waals surface area (Å²) in [5.41, 5.74) is 0. The molecule has 6 nitrogen and oxygen atoms in total. The lowest BCUT2D eigenvalue weighted by Crippen LogP contribution is -2.42. The molecular formula is C17H25N3O3. The molecule has 0 bridgehead atoms. The van der Waals surface area contributed by atoms with E-state index in [1.807, 2.05) is 0 Å². The molecule has 0 aromatic carbocycles. The molecule has 0 radical (unpaired) electrons. The van der Waals surface area contributed by atoms with Gasteiger partial charge in [-0.05, 0) is 38.0 Å². The number of rotatable bonds is 4. The van der Waals surface area contributed by atoms with Crippen molar-refractivity contribution in [3.63, 3.8) is 0 Å². The number of hydrogen-bond donors (Lipinski definition) is 0. The number of nitrogens with zero attached hydrogens (tertiary/aromatic N) is 3. The van der Waals surface area contributed by atoms with Crippen LogP contribution in [-0.4, -0.2) is 40.3 Å². The molecule has 3 unspecified atom stereocenters. The van der Waals surface area contributed by atoms with Crippen molar-refractivity contribution in [2.75, 3.05) is 7.11 Å². The summed E-state index contributed by atoms with van der Waals surface area (Å²) in [6.07, 6.45) is 9.34. The lowest BCUT2D eigenvalue weighted by molar-refractivity contribution is -0.146. The van der Waals surface area contributed by atoms with E-state index in [-0.39, 0.29) is 12.0 Å². The van der Waals surface area contributed by atoms with Gasteiger partial charge in [0.2, 0.25) is 11.8 Å². The summed E-state index contributed by atoms with van der Waals surface area (Å²) in [6.45, 7) is 0.570. The second-order valence-corrected chi connectivity index (χ2v) is 7.22. The van der Waals surface area contributed by atoms with Gasteiger partial charge in [-0.1, -0.05) is 19.3 Å². The first-order valence-corrected chi connectivity index (χ1v) is 8.92. The number of methoxy groups -OCH3 is 1. The highest BCUT2D eigenvalue weighted by molar-refractivity contribution is 5.76. The highest BCUT2D eigenvalue weighted by Crippen LogP contribution is 2.41. The van der Waals surface area contributed by atoms with E-state index in [0.29, 0.717) is 30.3 Å². The molecule has 1 aromatic heterocycles. The maximum absolute atomic E-state index is 12.2. The van der Waals surface area contributed by atoms with Crippen LogP contribution in [0.1, 0.15) is 69.1 Å². The molecule has 3 aliphatic rings. The number of aromatic nitrogens is 2. The standard InChI is InChI=1S/C17H25N3O3/c1-22-17(21)14-9-12-5-2-3-8-13(12)20(14)10-15-18-19-16(23-15)11-6-4-7-11/h11-14H,2-10H2,1H3. The summed E-state index contributed by atoms with van der Waals surface area (Å²) in [4.78, 5) is 14.5. The number of likely N-dealkylation sites (tertiary alicyclic amines) is 1. The Bertz CT molecular complexity index is 569. The maximum Gasteiger partial charge on any atom is 0.323 e. The Hall–Kier alpha value is -1.43. The Kier molecular flexibility index (Phi) is 4.09. The number of hydrogen-bond acceptors (Lipinski definition) is 6. The third kappa shape index (κ3) is 2.77. The number of esters is 1. The lowest BCUT2D eigenvalue weighted by Gasteiger charge is -2.32. The Balaban J connectivity index is 1.51. The highest BCUT2D eigenvalue weighted by Gasteiger charge is 2.46. The molecule has 2 aliphatic carbocycles. The van der Waals surface area contributed by atoms with E-state index in [4.69, 9.17) is 9.15 Å². The molecule has 0 spiro atoms. The fourth-order valence-corrected chi connectivity index (χ4v) is 4.45. The number of carbonyl (C=O) groups excluding carboxylic acids is 1. The van der Waals surface area contributed by atoms with E-state index in [0.717, 1.165) is 31.6 Å². The van der Waals surface area contributed by atoms with Crippen molar-refractivity contribution in [2.24, 2.45) is 5.92 Å². The van der Waals surface area contributed by atoms with Gasteiger partial charge in [-0.15, -0.1) is 10.2 Å². The van der Waals surface area contributed by atoms with Gasteiger partial charge in [0.1, 0.15) is 6.04 Å². The van der Waals surface area contributed by atoms with Crippen molar-refractivity contribution in [3.05, 3.63) is 11.8 Å². The first kappa shape index (κ1) is 15.1. The minimum Gasteiger partial charge on any atom is -0.468 e. The predicted octanol–water partition coefficient (Wildman–Crippen LogP) is 2.64. The molecule has 2 saturated carbocycles. The second-order valence-electron chi connectivity index (χ2n) is 7.22. The molecule has 3 atom stereocenters. The fraction of sp³-hybridized carbons (Fsp3) is 0.824. The van der Waals surface area contributed by atoms with Crippen LogP contribution in [-0.2, 0) is 16.1 Å². The van der Waals surface area contributed by atoms with Gasteiger partial charge in [0, 0.05) is 12.0 Å². The van der Waals surface area contributed by atoms with Crippen LogP contribution in [0.25, 0.3) is 0 Å². The summed E-state index contributed by atoms with van der Waals surface area (Å²) in [6, 6.07) is 0.291. The van der Waals surface area contributed by atoms with Crippen LogP contribution in [0.2, 0.25) is 0 Å². The Morgan fingerprint density at radius 3 is 2.78 bits per heavy atom. The smallest absolute Gasteiger partial charge is 0.323 e. The van der Waals surface area contributed by atoms with Crippen molar-refractivity contribution in [2.45, 2.75) is 75.9 Å². The van der Waals surface area contributed by atoms with Crippen molar-refractivity contribution in [1.82, 2.24) is 15.1 Å². The van der Waals surface area contributed by atoms with E-state index in [1.54, 1.807) is 0 Å². The molecular weight excluding hydrogens is 294 g/mol. The molecule has 1 aromatic rings. The van der Waals surface area contributed by atoms with Crippen LogP contribution < -0.4 is 0 Å². The molecule has 126 valence electrons. The van der Waals surface area contributed by atoms with E-state index >= 15 is 0 Å². The average Bonchev–Trinajstić information content (AvgIpc) is 3.11. The lowest BCUT2D eigenvalue weighted by atomic mass is 9.85. The highest BCUT2D eigenvalue weighted by atomic mass is 16.5. The predicted molar refractivity (Wildman–Crippen MR) is 82.6 cm³/mol. The number of ether oxygens (including phenoxy) is 1. The first-order valence-electron chi connectivity index (χ1n) is 8.92. The molecule has 2 heterocycles. The summed E-state index contributed by atoms with van der Waals surface area (Å²) >= 11 is 0. The molecule has 1 aliphatic heterocycles. The van der Waals surface area contributed by atoms with Crippen LogP contribution >= 0.6 is 0 Å². The van der Waals surface area contributed by atoms with Gasteiger partial charge in [0.05, 0.1) is 13.7 Å². The van der Waals surface area contributed by atoms with Crippen molar-refractivity contribution in [3.8, 4) is 0 Å². The Morgan fingerprint density at radius 1 is 1.22 bits per heavy atom. The molecule has 1 saturated heterocycles. The van der Waals surface area contributed by atoms with Gasteiger partial charge in [-0.2, -0.15) is 0 Å². The zero-order chi connectivity index (χ0) is 15.8. The SMILES string of the molecule is COC(=O)C1CC2CCCCC2N1Cc1nnc(C2CCC2)o1. The fourth-order valence-electron chi connectivity index (χ4n) is 4.45. The summed E-state index contributed by atoms with van der Waals surface area (Å²) in [7, 11) is 1.48. The minimum atomic E-state index is -0.160. The summed E-state index contributed by atoms with van der Waals surface area (Å²) in [5.74, 6) is 2.35. The van der Waals surface area contributed by atoms with E-state index < -0.39 is 0 Å². The van der Waals surface area contributed by atoms with E-state index in [2.05, 4.69) is 15.1 Å². The third-order valence-corrected chi connectivity index (χ3v) is 5.95. The first-order chi connectivity index (χ1) is 11.3. The molecule has 6 heteroatoms. The largest absolute Gasteiger partial charge is 0.468 e. The van der Waals surface area contributed by atoms with Crippen molar-refractivity contribution in [1.29, 1.82) is 0 Å². The number of carbonyl (C=O) groups is 1. The Morgan fingerprint density at radius 2 is 2.04 bits per heavy atom. The summed E-state index contributed by atoms with van der Waals surface area (Å²) in [5, 5.41) is 8.44. The summed E-state index contributed by atoms with van der Waals surface area (Å²) < 4.78 is 10.9. The molecule has 23 heavy (non-hydrogen) atoms. The molecule has 0 N–H and O–H groups in total. The quantitative estimate of drug-likeness (QED) is 0.795. The van der Waals surface area contributed by atoms with Crippen LogP contribution in [0.5, 0.6) is 0 Å². The monoisotopic (exact) mass is 319 g/mol. The zero-order valence-corrected chi connectivity index (χ0v) is 13.7. The second kappa shape index (κ2) is 6.23. The van der Waals surface area contributed by atoms with Gasteiger partial charge in [-0.25, -0.2) is 0 Å². The van der Waals surface area contributed by atoms with E-state index in [9.17, 15) is 4.79 Å². The topological polar surface area (TPSA) is 68.5 Å². The normalized spacial score (nSPS) is 31.6. The van der Waals surface area contributed by atoms with Crippen LogP contribution in [0.3, 0.4) is 0 Å². The number of fused-ring (bicyclic) bond motifs is 1. The molecule has 0 amide bonds. The van der Waals surface area contributed by atoms with E-state index in [1.165, 1.54) is 32.8 Å². The van der Waals surface area contributed by atoms with Gasteiger partial charge in [0.15, 0.2) is 0 Å². The molecule has 4 rings (SSSR count). The van der Waals surface area contributed by atoms with Gasteiger partial charge < -0.3 is 9.15 Å². The van der Waals surface area contributed by atoms with Crippen LogP contribution in [0.4, 0.5) is 0 Å². The molecule has 3 fully saturated rings. The maximum atomic E-state index is 12.2. The average molecular weight is 319 g/mol. The van der Waals surface area contributed by atoms with Crippen molar-refractivity contribution < 1.29 is 13.9 Å². The van der Waals surface area contributed by atoms with Gasteiger partial charge in [0.25, 0.3) is 0 Å². The zero-order valence-electron chi connectivity index (χ0n) is 13.7. The Labute approximate surface area is 136 Å². The third-order valence-electron chi connectivity index (χ3n) is 5.95. The van der Waals surface area contributed by atoms with Gasteiger partial charge >= 0.3 is 5.97 Å².